The quantitative estimate of drug-likeness (QED) is 0.594. The first-order chi connectivity index (χ1) is 10.7. The molecule has 1 aromatic heterocycles. The average Bonchev–Trinajstić information content (AvgIpc) is 3.02. The van der Waals surface area contributed by atoms with Gasteiger partial charge in [-0.3, -0.25) is 9.89 Å². The molecule has 2 N–H and O–H groups in total. The zero-order chi connectivity index (χ0) is 15.8. The van der Waals surface area contributed by atoms with Gasteiger partial charge >= 0.3 is 0 Å². The number of hydrogen-bond acceptors (Lipinski definition) is 6. The molecule has 0 fully saturated rings. The van der Waals surface area contributed by atoms with Gasteiger partial charge in [-0.25, -0.2) is 4.98 Å². The molecule has 114 valence electrons. The van der Waals surface area contributed by atoms with Crippen LogP contribution in [0.4, 0.5) is 0 Å². The van der Waals surface area contributed by atoms with E-state index in [1.54, 1.807) is 7.11 Å². The zero-order valence-electron chi connectivity index (χ0n) is 12.0. The number of methoxy groups -OCH3 is 1. The maximum atomic E-state index is 11.5. The fraction of sp³-hybridized carbons (Fsp3) is 0.286. The molecule has 8 heteroatoms. The van der Waals surface area contributed by atoms with Gasteiger partial charge in [0, 0.05) is 12.1 Å². The minimum atomic E-state index is -0.143. The molecule has 1 amide bonds. The normalized spacial score (nSPS) is 10.0. The number of benzene rings is 1. The van der Waals surface area contributed by atoms with Crippen molar-refractivity contribution in [3.05, 3.63) is 24.3 Å². The van der Waals surface area contributed by atoms with Crippen LogP contribution >= 0.6 is 11.8 Å². The van der Waals surface area contributed by atoms with Crippen LogP contribution in [0.25, 0.3) is 11.4 Å². The monoisotopic (exact) mass is 317 g/mol. The summed E-state index contributed by atoms with van der Waals surface area (Å²) in [6, 6.07) is 9.40. The molecular weight excluding hydrogens is 302 g/mol. The fourth-order valence-electron chi connectivity index (χ4n) is 1.63. The van der Waals surface area contributed by atoms with E-state index in [2.05, 4.69) is 20.5 Å². The lowest BCUT2D eigenvalue weighted by Crippen LogP contribution is -2.25. The number of nitrogens with one attached hydrogen (secondary N) is 2. The lowest BCUT2D eigenvalue weighted by Gasteiger charge is -2.00. The number of ether oxygens (including phenoxy) is 1. The van der Waals surface area contributed by atoms with Crippen LogP contribution in [-0.2, 0) is 4.79 Å². The van der Waals surface area contributed by atoms with Gasteiger partial charge in [-0.1, -0.05) is 11.8 Å². The molecule has 0 aliphatic rings. The van der Waals surface area contributed by atoms with Gasteiger partial charge in [0.05, 0.1) is 25.4 Å². The number of hydrogen-bond donors (Lipinski definition) is 2. The summed E-state index contributed by atoms with van der Waals surface area (Å²) in [5.41, 5.74) is 0.888. The first-order valence-corrected chi connectivity index (χ1v) is 7.54. The van der Waals surface area contributed by atoms with Gasteiger partial charge in [0.25, 0.3) is 0 Å². The van der Waals surface area contributed by atoms with Crippen LogP contribution in [0.2, 0.25) is 0 Å². The van der Waals surface area contributed by atoms with E-state index in [4.69, 9.17) is 10.00 Å². The molecule has 2 aromatic rings. The van der Waals surface area contributed by atoms with Crippen LogP contribution in [0, 0.1) is 11.3 Å². The second kappa shape index (κ2) is 8.05. The second-order valence-electron chi connectivity index (χ2n) is 4.24. The first-order valence-electron chi connectivity index (χ1n) is 6.56. The van der Waals surface area contributed by atoms with Gasteiger partial charge in [0.1, 0.15) is 5.75 Å². The Morgan fingerprint density at radius 3 is 2.91 bits per heavy atom. The predicted octanol–water partition coefficient (Wildman–Crippen LogP) is 1.60. The van der Waals surface area contributed by atoms with Gasteiger partial charge in [0.15, 0.2) is 5.82 Å². The van der Waals surface area contributed by atoms with Crippen molar-refractivity contribution in [2.45, 2.75) is 11.6 Å². The van der Waals surface area contributed by atoms with E-state index in [1.807, 2.05) is 30.3 Å². The topological polar surface area (TPSA) is 104 Å². The Morgan fingerprint density at radius 1 is 1.45 bits per heavy atom. The molecule has 0 saturated heterocycles. The third-order valence-corrected chi connectivity index (χ3v) is 3.57. The third-order valence-electron chi connectivity index (χ3n) is 2.72. The molecule has 0 radical (unpaired) electrons. The largest absolute Gasteiger partial charge is 0.497 e. The van der Waals surface area contributed by atoms with Gasteiger partial charge in [-0.2, -0.15) is 5.26 Å². The Balaban J connectivity index is 1.88. The summed E-state index contributed by atoms with van der Waals surface area (Å²) >= 11 is 1.24. The van der Waals surface area contributed by atoms with Crippen molar-refractivity contribution < 1.29 is 9.53 Å². The highest BCUT2D eigenvalue weighted by atomic mass is 32.2. The Bertz CT molecular complexity index is 663. The molecular formula is C14H15N5O2S. The first kappa shape index (κ1) is 15.9. The van der Waals surface area contributed by atoms with Crippen LogP contribution in [-0.4, -0.2) is 40.5 Å². The smallest absolute Gasteiger partial charge is 0.230 e. The van der Waals surface area contributed by atoms with Crippen molar-refractivity contribution in [2.24, 2.45) is 0 Å². The van der Waals surface area contributed by atoms with Crippen molar-refractivity contribution in [3.8, 4) is 23.2 Å². The molecule has 1 heterocycles. The number of amides is 1. The summed E-state index contributed by atoms with van der Waals surface area (Å²) in [5.74, 6) is 1.48. The summed E-state index contributed by atoms with van der Waals surface area (Å²) in [4.78, 5) is 15.8. The maximum absolute atomic E-state index is 11.5. The highest BCUT2D eigenvalue weighted by Gasteiger charge is 2.08. The van der Waals surface area contributed by atoms with Crippen LogP contribution in [0.5, 0.6) is 5.75 Å². The number of nitrogens with zero attached hydrogens (tertiary/aromatic N) is 3. The summed E-state index contributed by atoms with van der Waals surface area (Å²) in [7, 11) is 1.61. The number of aromatic nitrogens is 3. The van der Waals surface area contributed by atoms with Gasteiger partial charge in [-0.05, 0) is 24.3 Å². The van der Waals surface area contributed by atoms with Crippen LogP contribution in [0.15, 0.2) is 29.4 Å². The average molecular weight is 317 g/mol. The molecule has 1 aromatic carbocycles. The highest BCUT2D eigenvalue weighted by Crippen LogP contribution is 2.21. The number of nitriles is 1. The van der Waals surface area contributed by atoms with Crippen LogP contribution in [0.3, 0.4) is 0 Å². The number of carbonyl (C=O) groups excluding carboxylic acids is 1. The van der Waals surface area contributed by atoms with Crippen LogP contribution < -0.4 is 10.1 Å². The molecule has 0 bridgehead atoms. The highest BCUT2D eigenvalue weighted by molar-refractivity contribution is 7.99. The SMILES string of the molecule is COc1ccc(-c2nc(SCC(=O)NCCC#N)n[nH]2)cc1. The zero-order valence-corrected chi connectivity index (χ0v) is 12.8. The molecule has 0 aliphatic carbocycles. The molecule has 0 spiro atoms. The lowest BCUT2D eigenvalue weighted by atomic mass is 10.2. The Labute approximate surface area is 132 Å². The molecule has 2 rings (SSSR count). The van der Waals surface area contributed by atoms with E-state index >= 15 is 0 Å². The number of H-pyrrole nitrogens is 1. The summed E-state index contributed by atoms with van der Waals surface area (Å²) in [5, 5.41) is 18.4. The molecule has 7 nitrogen and oxygen atoms in total. The Kier molecular flexibility index (Phi) is 5.80. The van der Waals surface area contributed by atoms with Crippen molar-refractivity contribution in [2.75, 3.05) is 19.4 Å². The van der Waals surface area contributed by atoms with E-state index in [9.17, 15) is 4.79 Å². The molecule has 0 saturated carbocycles. The van der Waals surface area contributed by atoms with Crippen molar-refractivity contribution in [1.82, 2.24) is 20.5 Å². The number of carbonyl (C=O) groups is 1. The maximum Gasteiger partial charge on any atom is 0.230 e. The van der Waals surface area contributed by atoms with Gasteiger partial charge < -0.3 is 10.1 Å². The number of thioether (sulfide) groups is 1. The van der Waals surface area contributed by atoms with Crippen molar-refractivity contribution >= 4 is 17.7 Å². The molecule has 22 heavy (non-hydrogen) atoms. The van der Waals surface area contributed by atoms with E-state index in [-0.39, 0.29) is 11.7 Å². The van der Waals surface area contributed by atoms with Crippen LogP contribution in [0.1, 0.15) is 6.42 Å². The predicted molar refractivity (Wildman–Crippen MR) is 82.3 cm³/mol. The molecule has 0 aliphatic heterocycles. The fourth-order valence-corrected chi connectivity index (χ4v) is 2.26. The molecule has 0 unspecified atom stereocenters. The minimum absolute atomic E-state index is 0.143. The standard InChI is InChI=1S/C14H15N5O2S/c1-21-11-5-3-10(4-6-11)13-17-14(19-18-13)22-9-12(20)16-8-2-7-15/h3-6H,2,8-9H2,1H3,(H,16,20)(H,17,18,19). The summed E-state index contributed by atoms with van der Waals surface area (Å²) < 4.78 is 5.10. The van der Waals surface area contributed by atoms with E-state index in [0.29, 0.717) is 23.9 Å². The van der Waals surface area contributed by atoms with Gasteiger partial charge in [-0.15, -0.1) is 5.10 Å². The van der Waals surface area contributed by atoms with Crippen molar-refractivity contribution in [1.29, 1.82) is 5.26 Å². The van der Waals surface area contributed by atoms with E-state index in [0.717, 1.165) is 11.3 Å². The Hall–Kier alpha value is -2.53. The number of rotatable bonds is 7. The molecule has 0 atom stereocenters. The lowest BCUT2D eigenvalue weighted by molar-refractivity contribution is -0.118. The summed E-state index contributed by atoms with van der Waals surface area (Å²) in [6.45, 7) is 0.362. The third kappa shape index (κ3) is 4.49. The van der Waals surface area contributed by atoms with Gasteiger partial charge in [0.2, 0.25) is 11.1 Å². The Morgan fingerprint density at radius 2 is 2.23 bits per heavy atom. The van der Waals surface area contributed by atoms with E-state index in [1.165, 1.54) is 11.8 Å². The summed E-state index contributed by atoms with van der Waals surface area (Å²) in [6.07, 6.45) is 0.304. The van der Waals surface area contributed by atoms with Crippen molar-refractivity contribution in [3.63, 3.8) is 0 Å². The second-order valence-corrected chi connectivity index (χ2v) is 5.18. The van der Waals surface area contributed by atoms with E-state index < -0.39 is 0 Å². The minimum Gasteiger partial charge on any atom is -0.497 e. The number of aromatic amines is 1.